The summed E-state index contributed by atoms with van der Waals surface area (Å²) in [4.78, 5) is 1.53. The lowest BCUT2D eigenvalue weighted by Crippen LogP contribution is -2.20. The molecule has 1 heterocycles. The fourth-order valence-electron chi connectivity index (χ4n) is 2.23. The summed E-state index contributed by atoms with van der Waals surface area (Å²) in [5.41, 5.74) is 7.82. The van der Waals surface area contributed by atoms with Crippen LogP contribution >= 0.6 is 24.0 Å². The molecule has 1 aromatic heterocycles. The van der Waals surface area contributed by atoms with E-state index in [9.17, 15) is 0 Å². The van der Waals surface area contributed by atoms with E-state index in [4.69, 9.17) is 22.4 Å². The normalized spacial score (nSPS) is 12.1. The zero-order chi connectivity index (χ0) is 15.2. The van der Waals surface area contributed by atoms with E-state index in [1.807, 2.05) is 36.6 Å². The van der Waals surface area contributed by atoms with Gasteiger partial charge in [-0.2, -0.15) is 0 Å². The minimum absolute atomic E-state index is 0.306. The Kier molecular flexibility index (Phi) is 5.70. The van der Waals surface area contributed by atoms with Gasteiger partial charge in [-0.25, -0.2) is 0 Å². The van der Waals surface area contributed by atoms with Gasteiger partial charge in [-0.05, 0) is 43.9 Å². The van der Waals surface area contributed by atoms with Crippen LogP contribution in [0.25, 0.3) is 0 Å². The summed E-state index contributed by atoms with van der Waals surface area (Å²) in [6.45, 7) is 2.15. The molecule has 0 saturated carbocycles. The Hall–Kier alpha value is -1.46. The van der Waals surface area contributed by atoms with Crippen molar-refractivity contribution in [2.75, 3.05) is 11.6 Å². The monoisotopic (exact) mass is 320 g/mol. The molecule has 0 aliphatic heterocycles. The number of hydrogen-bond acceptors (Lipinski definition) is 4. The fourth-order valence-corrected chi connectivity index (χ4v) is 3.15. The molecule has 0 radical (unpaired) electrons. The maximum Gasteiger partial charge on any atom is 0.107 e. The molecule has 1 atom stereocenters. The van der Waals surface area contributed by atoms with E-state index in [2.05, 4.69) is 12.2 Å². The third kappa shape index (κ3) is 4.25. The lowest BCUT2D eigenvalue weighted by atomic mass is 10.1. The van der Waals surface area contributed by atoms with Crippen molar-refractivity contribution < 1.29 is 4.42 Å². The number of nitrogens with one attached hydrogen (secondary N) is 1. The molecule has 5 heteroatoms. The summed E-state index contributed by atoms with van der Waals surface area (Å²) in [6.07, 6.45) is 5.63. The molecule has 0 amide bonds. The lowest BCUT2D eigenvalue weighted by molar-refractivity contribution is 0.495. The van der Waals surface area contributed by atoms with Gasteiger partial charge < -0.3 is 15.5 Å². The molecule has 0 bridgehead atoms. The van der Waals surface area contributed by atoms with Crippen LogP contribution in [0.15, 0.2) is 45.9 Å². The molecule has 0 spiro atoms. The molecule has 112 valence electrons. The summed E-state index contributed by atoms with van der Waals surface area (Å²) in [5, 5.41) is 3.51. The summed E-state index contributed by atoms with van der Waals surface area (Å²) in [6, 6.07) is 10.3. The Morgan fingerprint density at radius 3 is 2.81 bits per heavy atom. The second-order valence-electron chi connectivity index (χ2n) is 4.91. The highest BCUT2D eigenvalue weighted by molar-refractivity contribution is 7.98. The van der Waals surface area contributed by atoms with Crippen LogP contribution in [0.3, 0.4) is 0 Å². The first-order chi connectivity index (χ1) is 10.1. The summed E-state index contributed by atoms with van der Waals surface area (Å²) >= 11 is 6.85. The Labute approximate surface area is 135 Å². The van der Waals surface area contributed by atoms with Crippen molar-refractivity contribution >= 4 is 34.7 Å². The highest BCUT2D eigenvalue weighted by Crippen LogP contribution is 2.28. The van der Waals surface area contributed by atoms with Crippen molar-refractivity contribution in [3.63, 3.8) is 0 Å². The second-order valence-corrected chi connectivity index (χ2v) is 6.20. The molecule has 21 heavy (non-hydrogen) atoms. The van der Waals surface area contributed by atoms with E-state index in [0.717, 1.165) is 34.7 Å². The van der Waals surface area contributed by atoms with E-state index < -0.39 is 0 Å². The third-order valence-electron chi connectivity index (χ3n) is 3.30. The maximum absolute atomic E-state index is 5.88. The minimum Gasteiger partial charge on any atom is -0.469 e. The van der Waals surface area contributed by atoms with Crippen LogP contribution in [-0.4, -0.2) is 17.3 Å². The highest BCUT2D eigenvalue weighted by atomic mass is 32.2. The van der Waals surface area contributed by atoms with Gasteiger partial charge in [0.25, 0.3) is 0 Å². The second kappa shape index (κ2) is 7.52. The van der Waals surface area contributed by atoms with E-state index in [1.54, 1.807) is 18.0 Å². The third-order valence-corrected chi connectivity index (χ3v) is 4.28. The first kappa shape index (κ1) is 15.9. The highest BCUT2D eigenvalue weighted by Gasteiger charge is 2.12. The molecule has 1 unspecified atom stereocenters. The van der Waals surface area contributed by atoms with Gasteiger partial charge in [-0.3, -0.25) is 0 Å². The SMILES string of the molecule is CSc1cccc(NC(C)CCc2ccco2)c1C(N)=S. The Morgan fingerprint density at radius 2 is 2.19 bits per heavy atom. The molecule has 3 nitrogen and oxygen atoms in total. The number of nitrogens with two attached hydrogens (primary N) is 1. The van der Waals surface area contributed by atoms with Crippen molar-refractivity contribution in [1.29, 1.82) is 0 Å². The largest absolute Gasteiger partial charge is 0.469 e. The van der Waals surface area contributed by atoms with Crippen molar-refractivity contribution in [3.8, 4) is 0 Å². The Bertz CT molecular complexity index is 596. The van der Waals surface area contributed by atoms with Crippen LogP contribution in [-0.2, 0) is 6.42 Å². The fraction of sp³-hybridized carbons (Fsp3) is 0.312. The predicted molar refractivity (Wildman–Crippen MR) is 94.2 cm³/mol. The lowest BCUT2D eigenvalue weighted by Gasteiger charge is -2.19. The number of thioether (sulfide) groups is 1. The number of furan rings is 1. The maximum atomic E-state index is 5.88. The number of benzene rings is 1. The average molecular weight is 320 g/mol. The standard InChI is InChI=1S/C16H20N2OS2/c1-11(8-9-12-5-4-10-19-12)18-13-6-3-7-14(21-2)15(13)16(17)20/h3-7,10-11,18H,8-9H2,1-2H3,(H2,17,20). The van der Waals surface area contributed by atoms with Gasteiger partial charge in [0, 0.05) is 28.6 Å². The zero-order valence-electron chi connectivity index (χ0n) is 12.3. The predicted octanol–water partition coefficient (Wildman–Crippen LogP) is 4.07. The molecule has 0 fully saturated rings. The Balaban J connectivity index is 2.06. The number of aryl methyl sites for hydroxylation is 1. The van der Waals surface area contributed by atoms with Crippen LogP contribution in [0.4, 0.5) is 5.69 Å². The molecule has 1 aromatic carbocycles. The first-order valence-electron chi connectivity index (χ1n) is 6.87. The van der Waals surface area contributed by atoms with Gasteiger partial charge >= 0.3 is 0 Å². The minimum atomic E-state index is 0.306. The molecule has 0 saturated heterocycles. The molecule has 2 rings (SSSR count). The van der Waals surface area contributed by atoms with E-state index in [-0.39, 0.29) is 0 Å². The van der Waals surface area contributed by atoms with Crippen LogP contribution in [0.2, 0.25) is 0 Å². The quantitative estimate of drug-likeness (QED) is 0.595. The molecule has 2 aromatic rings. The summed E-state index contributed by atoms with van der Waals surface area (Å²) in [5.74, 6) is 1.01. The molecule has 0 aliphatic carbocycles. The summed E-state index contributed by atoms with van der Waals surface area (Å²) in [7, 11) is 0. The molecule has 0 aliphatic rings. The van der Waals surface area contributed by atoms with E-state index >= 15 is 0 Å². The van der Waals surface area contributed by atoms with Crippen molar-refractivity contribution in [2.24, 2.45) is 5.73 Å². The number of thiocarbonyl (C=S) groups is 1. The van der Waals surface area contributed by atoms with Crippen molar-refractivity contribution in [3.05, 3.63) is 47.9 Å². The van der Waals surface area contributed by atoms with Crippen LogP contribution in [0, 0.1) is 0 Å². The van der Waals surface area contributed by atoms with Gasteiger partial charge in [0.05, 0.1) is 6.26 Å². The number of rotatable bonds is 7. The molecular formula is C16H20N2OS2. The first-order valence-corrected chi connectivity index (χ1v) is 8.51. The molecular weight excluding hydrogens is 300 g/mol. The van der Waals surface area contributed by atoms with Gasteiger partial charge in [-0.1, -0.05) is 18.3 Å². The topological polar surface area (TPSA) is 51.2 Å². The summed E-state index contributed by atoms with van der Waals surface area (Å²) < 4.78 is 5.36. The molecule has 3 N–H and O–H groups in total. The van der Waals surface area contributed by atoms with Gasteiger partial charge in [0.2, 0.25) is 0 Å². The van der Waals surface area contributed by atoms with Gasteiger partial charge in [0.1, 0.15) is 10.7 Å². The van der Waals surface area contributed by atoms with Gasteiger partial charge in [-0.15, -0.1) is 11.8 Å². The van der Waals surface area contributed by atoms with Crippen molar-refractivity contribution in [1.82, 2.24) is 0 Å². The van der Waals surface area contributed by atoms with Crippen LogP contribution in [0.1, 0.15) is 24.7 Å². The smallest absolute Gasteiger partial charge is 0.107 e. The zero-order valence-corrected chi connectivity index (χ0v) is 13.9. The van der Waals surface area contributed by atoms with Crippen LogP contribution in [0.5, 0.6) is 0 Å². The number of anilines is 1. The number of hydrogen-bond donors (Lipinski definition) is 2. The van der Waals surface area contributed by atoms with E-state index in [1.165, 1.54) is 0 Å². The Morgan fingerprint density at radius 1 is 1.38 bits per heavy atom. The van der Waals surface area contributed by atoms with Gasteiger partial charge in [0.15, 0.2) is 0 Å². The van der Waals surface area contributed by atoms with E-state index in [0.29, 0.717) is 11.0 Å². The van der Waals surface area contributed by atoms with Crippen LogP contribution < -0.4 is 11.1 Å². The average Bonchev–Trinajstić information content (AvgIpc) is 2.97. The van der Waals surface area contributed by atoms with Crippen molar-refractivity contribution in [2.45, 2.75) is 30.7 Å².